The summed E-state index contributed by atoms with van der Waals surface area (Å²) in [5.74, 6) is 0.788. The summed E-state index contributed by atoms with van der Waals surface area (Å²) < 4.78 is 11.7. The van der Waals surface area contributed by atoms with E-state index < -0.39 is 0 Å². The molecule has 0 aromatic carbocycles. The minimum absolute atomic E-state index is 0.188. The minimum Gasteiger partial charge on any atom is -0.300 e. The van der Waals surface area contributed by atoms with Crippen LogP contribution in [0.15, 0.2) is 0 Å². The van der Waals surface area contributed by atoms with Gasteiger partial charge in [0.15, 0.2) is 0 Å². The Bertz CT molecular complexity index is 83.0. The van der Waals surface area contributed by atoms with Crippen molar-refractivity contribution < 1.29 is 4.39 Å². The molecule has 1 saturated heterocycles. The lowest BCUT2D eigenvalue weighted by molar-refractivity contribution is 0.290. The topological polar surface area (TPSA) is 3.24 Å². The maximum Gasteiger partial charge on any atom is 0.102 e. The smallest absolute Gasteiger partial charge is 0.102 e. The molecule has 0 saturated carbocycles. The second-order valence-electron chi connectivity index (χ2n) is 2.88. The van der Waals surface area contributed by atoms with E-state index in [-0.39, 0.29) is 6.67 Å². The van der Waals surface area contributed by atoms with Crippen LogP contribution in [0.1, 0.15) is 13.3 Å². The van der Waals surface area contributed by atoms with Gasteiger partial charge in [-0.3, -0.25) is 0 Å². The average molecular weight is 131 g/mol. The Kier molecular flexibility index (Phi) is 2.46. The van der Waals surface area contributed by atoms with Gasteiger partial charge in [0.25, 0.3) is 0 Å². The minimum atomic E-state index is -0.188. The molecule has 0 radical (unpaired) electrons. The van der Waals surface area contributed by atoms with Crippen LogP contribution in [-0.4, -0.2) is 31.2 Å². The number of nitrogens with zero attached hydrogens (tertiary/aromatic N) is 1. The number of halogens is 1. The molecule has 0 aromatic rings. The van der Waals surface area contributed by atoms with Crippen molar-refractivity contribution in [3.05, 3.63) is 0 Å². The molecule has 0 N–H and O–H groups in total. The Morgan fingerprint density at radius 1 is 1.67 bits per heavy atom. The van der Waals surface area contributed by atoms with E-state index in [1.165, 1.54) is 6.42 Å². The van der Waals surface area contributed by atoms with E-state index in [2.05, 4.69) is 11.8 Å². The number of alkyl halides is 1. The quantitative estimate of drug-likeness (QED) is 0.546. The number of hydrogen-bond donors (Lipinski definition) is 0. The highest BCUT2D eigenvalue weighted by molar-refractivity contribution is 4.71. The summed E-state index contributed by atoms with van der Waals surface area (Å²) in [6.07, 6.45) is 1.25. The first-order valence-corrected chi connectivity index (χ1v) is 3.61. The zero-order valence-electron chi connectivity index (χ0n) is 5.94. The molecule has 1 aliphatic rings. The zero-order valence-corrected chi connectivity index (χ0v) is 5.94. The summed E-state index contributed by atoms with van der Waals surface area (Å²) in [5, 5.41) is 0. The molecule has 0 spiro atoms. The van der Waals surface area contributed by atoms with Crippen LogP contribution in [0.25, 0.3) is 0 Å². The third kappa shape index (κ3) is 1.94. The third-order valence-corrected chi connectivity index (χ3v) is 1.91. The lowest BCUT2D eigenvalue weighted by Gasteiger charge is -2.11. The predicted molar refractivity (Wildman–Crippen MR) is 36.2 cm³/mol. The summed E-state index contributed by atoms with van der Waals surface area (Å²) in [5.41, 5.74) is 0. The van der Waals surface area contributed by atoms with Gasteiger partial charge in [-0.05, 0) is 18.9 Å². The van der Waals surface area contributed by atoms with E-state index in [1.807, 2.05) is 0 Å². The van der Waals surface area contributed by atoms with Crippen molar-refractivity contribution in [2.24, 2.45) is 5.92 Å². The highest BCUT2D eigenvalue weighted by Crippen LogP contribution is 2.13. The number of hydrogen-bond acceptors (Lipinski definition) is 1. The molecule has 0 amide bonds. The normalized spacial score (nSPS) is 29.3. The first-order chi connectivity index (χ1) is 4.33. The molecule has 9 heavy (non-hydrogen) atoms. The predicted octanol–water partition coefficient (Wildman–Crippen LogP) is 1.30. The van der Waals surface area contributed by atoms with E-state index in [1.54, 1.807) is 0 Å². The third-order valence-electron chi connectivity index (χ3n) is 1.91. The van der Waals surface area contributed by atoms with Crippen molar-refractivity contribution >= 4 is 0 Å². The summed E-state index contributed by atoms with van der Waals surface area (Å²) in [4.78, 5) is 2.19. The maximum atomic E-state index is 11.7. The van der Waals surface area contributed by atoms with Crippen LogP contribution in [0, 0.1) is 5.92 Å². The van der Waals surface area contributed by atoms with Gasteiger partial charge in [-0.15, -0.1) is 0 Å². The van der Waals surface area contributed by atoms with Crippen molar-refractivity contribution in [1.29, 1.82) is 0 Å². The maximum absolute atomic E-state index is 11.7. The zero-order chi connectivity index (χ0) is 6.69. The second kappa shape index (κ2) is 3.16. The molecule has 54 valence electrons. The Balaban J connectivity index is 2.14. The Hall–Kier alpha value is -0.110. The monoisotopic (exact) mass is 131 g/mol. The highest BCUT2D eigenvalue weighted by atomic mass is 19.1. The van der Waals surface area contributed by atoms with Gasteiger partial charge in [0, 0.05) is 13.1 Å². The fraction of sp³-hybridized carbons (Fsp3) is 1.00. The van der Waals surface area contributed by atoms with Crippen LogP contribution >= 0.6 is 0 Å². The molecule has 2 heteroatoms. The van der Waals surface area contributed by atoms with Gasteiger partial charge >= 0.3 is 0 Å². The lowest BCUT2D eigenvalue weighted by atomic mass is 10.2. The molecule has 1 fully saturated rings. The first kappa shape index (κ1) is 7.00. The van der Waals surface area contributed by atoms with Crippen molar-refractivity contribution in [3.8, 4) is 0 Å². The van der Waals surface area contributed by atoms with Crippen molar-refractivity contribution in [1.82, 2.24) is 4.90 Å². The first-order valence-electron chi connectivity index (χ1n) is 3.61. The van der Waals surface area contributed by atoms with Gasteiger partial charge in [0.2, 0.25) is 0 Å². The Morgan fingerprint density at radius 2 is 2.44 bits per heavy atom. The van der Waals surface area contributed by atoms with Crippen molar-refractivity contribution in [2.75, 3.05) is 26.3 Å². The van der Waals surface area contributed by atoms with E-state index in [0.29, 0.717) is 6.54 Å². The van der Waals surface area contributed by atoms with Gasteiger partial charge in [0.05, 0.1) is 0 Å². The molecule has 1 atom stereocenters. The molecule has 1 heterocycles. The molecule has 0 aromatic heterocycles. The molecule has 1 nitrogen and oxygen atoms in total. The molecule has 1 aliphatic heterocycles. The van der Waals surface area contributed by atoms with Gasteiger partial charge in [0.1, 0.15) is 6.67 Å². The van der Waals surface area contributed by atoms with Crippen LogP contribution in [0.3, 0.4) is 0 Å². The van der Waals surface area contributed by atoms with Gasteiger partial charge in [-0.25, -0.2) is 4.39 Å². The summed E-state index contributed by atoms with van der Waals surface area (Å²) in [6, 6.07) is 0. The van der Waals surface area contributed by atoms with Crippen LogP contribution in [0.5, 0.6) is 0 Å². The largest absolute Gasteiger partial charge is 0.300 e. The van der Waals surface area contributed by atoms with E-state index >= 15 is 0 Å². The van der Waals surface area contributed by atoms with Gasteiger partial charge < -0.3 is 4.90 Å². The van der Waals surface area contributed by atoms with E-state index in [4.69, 9.17) is 0 Å². The van der Waals surface area contributed by atoms with Crippen LogP contribution in [-0.2, 0) is 0 Å². The van der Waals surface area contributed by atoms with Crippen LogP contribution < -0.4 is 0 Å². The average Bonchev–Trinajstić information content (AvgIpc) is 2.17. The van der Waals surface area contributed by atoms with Crippen LogP contribution in [0.4, 0.5) is 4.39 Å². The molecular formula is C7H14FN. The van der Waals surface area contributed by atoms with Crippen molar-refractivity contribution in [2.45, 2.75) is 13.3 Å². The molecule has 1 rings (SSSR count). The van der Waals surface area contributed by atoms with Gasteiger partial charge in [-0.1, -0.05) is 6.92 Å². The second-order valence-corrected chi connectivity index (χ2v) is 2.88. The summed E-state index contributed by atoms with van der Waals surface area (Å²) in [6.45, 7) is 4.88. The lowest BCUT2D eigenvalue weighted by Crippen LogP contribution is -2.22. The number of rotatable bonds is 2. The Morgan fingerprint density at radius 3 is 2.89 bits per heavy atom. The van der Waals surface area contributed by atoms with E-state index in [9.17, 15) is 4.39 Å². The van der Waals surface area contributed by atoms with Gasteiger partial charge in [-0.2, -0.15) is 0 Å². The van der Waals surface area contributed by atoms with E-state index in [0.717, 1.165) is 19.0 Å². The fourth-order valence-corrected chi connectivity index (χ4v) is 1.35. The molecular weight excluding hydrogens is 117 g/mol. The Labute approximate surface area is 55.8 Å². The molecule has 0 aliphatic carbocycles. The highest BCUT2D eigenvalue weighted by Gasteiger charge is 2.17. The molecule has 0 bridgehead atoms. The summed E-state index contributed by atoms with van der Waals surface area (Å²) >= 11 is 0. The SMILES string of the molecule is C[C@@H]1CCN(CCF)C1. The van der Waals surface area contributed by atoms with Crippen LogP contribution in [0.2, 0.25) is 0 Å². The number of likely N-dealkylation sites (tertiary alicyclic amines) is 1. The fourth-order valence-electron chi connectivity index (χ4n) is 1.35. The standard InChI is InChI=1S/C7H14FN/c1-7-2-4-9(6-7)5-3-8/h7H,2-6H2,1H3/t7-/m1/s1. The van der Waals surface area contributed by atoms with Crippen molar-refractivity contribution in [3.63, 3.8) is 0 Å². The molecule has 0 unspecified atom stereocenters. The summed E-state index contributed by atoms with van der Waals surface area (Å²) in [7, 11) is 0.